The zero-order chi connectivity index (χ0) is 20.6. The van der Waals surface area contributed by atoms with Gasteiger partial charge in [-0.1, -0.05) is 46.6 Å². The highest BCUT2D eigenvalue weighted by molar-refractivity contribution is 6.30. The van der Waals surface area contributed by atoms with Gasteiger partial charge in [0.15, 0.2) is 6.61 Å². The Morgan fingerprint density at radius 1 is 1.10 bits per heavy atom. The van der Waals surface area contributed by atoms with E-state index < -0.39 is 5.91 Å². The van der Waals surface area contributed by atoms with Crippen LogP contribution in [0.2, 0.25) is 5.02 Å². The van der Waals surface area contributed by atoms with Gasteiger partial charge in [-0.3, -0.25) is 9.59 Å². The quantitative estimate of drug-likeness (QED) is 0.549. The Hall–Kier alpha value is -3.39. The van der Waals surface area contributed by atoms with E-state index in [9.17, 15) is 9.59 Å². The third-order valence-corrected chi connectivity index (χ3v) is 4.03. The van der Waals surface area contributed by atoms with Crippen LogP contribution in [0.15, 0.2) is 53.1 Å². The average molecular weight is 415 g/mol. The molecule has 0 fully saturated rings. The molecule has 2 N–H and O–H groups in total. The van der Waals surface area contributed by atoms with E-state index in [2.05, 4.69) is 20.8 Å². The van der Waals surface area contributed by atoms with Gasteiger partial charge in [0.1, 0.15) is 5.75 Å². The number of rotatable bonds is 8. The lowest BCUT2D eigenvalue weighted by Gasteiger charge is -2.08. The summed E-state index contributed by atoms with van der Waals surface area (Å²) in [5, 5.41) is 9.58. The normalized spacial score (nSPS) is 10.4. The van der Waals surface area contributed by atoms with Gasteiger partial charge in [0.05, 0.1) is 0 Å². The summed E-state index contributed by atoms with van der Waals surface area (Å²) in [6.07, 6.45) is 0. The standard InChI is InChI=1S/C20H19ClN4O4/c1-13-4-2-5-14(10-13)18-24-20(29-25-18)19(27)23-9-8-22-17(26)12-28-16-7-3-6-15(21)11-16/h2-7,10-11H,8-9,12H2,1H3,(H,22,26)(H,23,27). The molecule has 3 aromatic rings. The van der Waals surface area contributed by atoms with E-state index >= 15 is 0 Å². The monoisotopic (exact) mass is 414 g/mol. The Bertz CT molecular complexity index is 1010. The van der Waals surface area contributed by atoms with Gasteiger partial charge in [-0.15, -0.1) is 0 Å². The highest BCUT2D eigenvalue weighted by Gasteiger charge is 2.15. The van der Waals surface area contributed by atoms with Gasteiger partial charge >= 0.3 is 11.8 Å². The van der Waals surface area contributed by atoms with Crippen LogP contribution in [-0.2, 0) is 4.79 Å². The molecule has 0 bridgehead atoms. The molecule has 0 aliphatic heterocycles. The molecule has 150 valence electrons. The third-order valence-electron chi connectivity index (χ3n) is 3.80. The van der Waals surface area contributed by atoms with Crippen molar-refractivity contribution >= 4 is 23.4 Å². The van der Waals surface area contributed by atoms with Crippen molar-refractivity contribution in [3.05, 3.63) is 65.0 Å². The van der Waals surface area contributed by atoms with Crippen LogP contribution in [0.25, 0.3) is 11.4 Å². The molecular weight excluding hydrogens is 396 g/mol. The highest BCUT2D eigenvalue weighted by atomic mass is 35.5. The topological polar surface area (TPSA) is 106 Å². The maximum absolute atomic E-state index is 12.1. The van der Waals surface area contributed by atoms with Crippen molar-refractivity contribution in [2.24, 2.45) is 0 Å². The molecule has 0 atom stereocenters. The van der Waals surface area contributed by atoms with Gasteiger partial charge in [-0.2, -0.15) is 4.98 Å². The lowest BCUT2D eigenvalue weighted by Crippen LogP contribution is -2.36. The Kier molecular flexibility index (Phi) is 6.80. The van der Waals surface area contributed by atoms with Crippen LogP contribution in [0.4, 0.5) is 0 Å². The zero-order valence-electron chi connectivity index (χ0n) is 15.6. The van der Waals surface area contributed by atoms with Gasteiger partial charge in [0.2, 0.25) is 5.82 Å². The van der Waals surface area contributed by atoms with Crippen molar-refractivity contribution < 1.29 is 18.8 Å². The number of hydrogen-bond acceptors (Lipinski definition) is 6. The Balaban J connectivity index is 1.39. The summed E-state index contributed by atoms with van der Waals surface area (Å²) in [5.74, 6) is -0.135. The molecule has 0 saturated heterocycles. The van der Waals surface area contributed by atoms with Crippen molar-refractivity contribution in [1.29, 1.82) is 0 Å². The summed E-state index contributed by atoms with van der Waals surface area (Å²) < 4.78 is 10.3. The fourth-order valence-corrected chi connectivity index (χ4v) is 2.61. The first-order chi connectivity index (χ1) is 14.0. The molecule has 0 saturated carbocycles. The first-order valence-electron chi connectivity index (χ1n) is 8.85. The third kappa shape index (κ3) is 6.05. The number of amides is 2. The predicted molar refractivity (Wildman–Crippen MR) is 107 cm³/mol. The summed E-state index contributed by atoms with van der Waals surface area (Å²) >= 11 is 5.85. The molecule has 3 rings (SSSR count). The summed E-state index contributed by atoms with van der Waals surface area (Å²) in [4.78, 5) is 28.0. The van der Waals surface area contributed by atoms with Gasteiger partial charge in [-0.05, 0) is 31.2 Å². The number of halogens is 1. The Morgan fingerprint density at radius 2 is 1.90 bits per heavy atom. The second kappa shape index (κ2) is 9.70. The van der Waals surface area contributed by atoms with E-state index in [1.165, 1.54) is 0 Å². The fraction of sp³-hybridized carbons (Fsp3) is 0.200. The minimum Gasteiger partial charge on any atom is -0.484 e. The van der Waals surface area contributed by atoms with Crippen LogP contribution in [0.1, 0.15) is 16.2 Å². The summed E-state index contributed by atoms with van der Waals surface area (Å²) in [5.41, 5.74) is 1.81. The van der Waals surface area contributed by atoms with E-state index in [1.54, 1.807) is 24.3 Å². The van der Waals surface area contributed by atoms with Crippen molar-refractivity contribution in [3.8, 4) is 17.1 Å². The van der Waals surface area contributed by atoms with Crippen molar-refractivity contribution in [1.82, 2.24) is 20.8 Å². The zero-order valence-corrected chi connectivity index (χ0v) is 16.4. The van der Waals surface area contributed by atoms with Crippen LogP contribution in [-0.4, -0.2) is 41.7 Å². The average Bonchev–Trinajstić information content (AvgIpc) is 3.20. The van der Waals surface area contributed by atoms with Gasteiger partial charge in [0, 0.05) is 23.7 Å². The van der Waals surface area contributed by atoms with Gasteiger partial charge in [0.25, 0.3) is 5.91 Å². The molecule has 9 heteroatoms. The van der Waals surface area contributed by atoms with Crippen molar-refractivity contribution in [2.75, 3.05) is 19.7 Å². The minimum absolute atomic E-state index is 0.142. The second-order valence-corrected chi connectivity index (χ2v) is 6.58. The Labute approximate surface area is 172 Å². The molecule has 1 aromatic heterocycles. The number of aryl methyl sites for hydroxylation is 1. The highest BCUT2D eigenvalue weighted by Crippen LogP contribution is 2.17. The number of nitrogens with zero attached hydrogens (tertiary/aromatic N) is 2. The van der Waals surface area contributed by atoms with E-state index in [1.807, 2.05) is 31.2 Å². The number of hydrogen-bond donors (Lipinski definition) is 2. The molecule has 0 unspecified atom stereocenters. The van der Waals surface area contributed by atoms with E-state index in [-0.39, 0.29) is 31.5 Å². The van der Waals surface area contributed by atoms with Crippen LogP contribution in [0, 0.1) is 6.92 Å². The first-order valence-corrected chi connectivity index (χ1v) is 9.23. The molecule has 0 radical (unpaired) electrons. The van der Waals surface area contributed by atoms with Crippen LogP contribution in [0.5, 0.6) is 5.75 Å². The van der Waals surface area contributed by atoms with E-state index in [0.29, 0.717) is 16.6 Å². The number of carbonyl (C=O) groups is 2. The molecule has 2 aromatic carbocycles. The van der Waals surface area contributed by atoms with E-state index in [4.69, 9.17) is 20.9 Å². The molecule has 2 amide bonds. The lowest BCUT2D eigenvalue weighted by molar-refractivity contribution is -0.123. The smallest absolute Gasteiger partial charge is 0.316 e. The summed E-state index contributed by atoms with van der Waals surface area (Å²) in [6, 6.07) is 14.3. The molecule has 0 aliphatic carbocycles. The molecule has 29 heavy (non-hydrogen) atoms. The van der Waals surface area contributed by atoms with Crippen LogP contribution >= 0.6 is 11.6 Å². The van der Waals surface area contributed by atoms with E-state index in [0.717, 1.165) is 11.1 Å². The summed E-state index contributed by atoms with van der Waals surface area (Å²) in [6.45, 7) is 2.22. The SMILES string of the molecule is Cc1cccc(-c2noc(C(=O)NCCNC(=O)COc3cccc(Cl)c3)n2)c1. The van der Waals surface area contributed by atoms with Gasteiger partial charge < -0.3 is 19.9 Å². The fourth-order valence-electron chi connectivity index (χ4n) is 2.43. The molecule has 1 heterocycles. The maximum atomic E-state index is 12.1. The van der Waals surface area contributed by atoms with Gasteiger partial charge in [-0.25, -0.2) is 0 Å². The van der Waals surface area contributed by atoms with Crippen molar-refractivity contribution in [2.45, 2.75) is 6.92 Å². The lowest BCUT2D eigenvalue weighted by atomic mass is 10.1. The number of ether oxygens (including phenoxy) is 1. The number of aromatic nitrogens is 2. The molecular formula is C20H19ClN4O4. The molecule has 0 spiro atoms. The van der Waals surface area contributed by atoms with Crippen LogP contribution < -0.4 is 15.4 Å². The van der Waals surface area contributed by atoms with Crippen LogP contribution in [0.3, 0.4) is 0 Å². The largest absolute Gasteiger partial charge is 0.484 e. The summed E-state index contributed by atoms with van der Waals surface area (Å²) in [7, 11) is 0. The Morgan fingerprint density at radius 3 is 2.69 bits per heavy atom. The number of benzene rings is 2. The number of nitrogens with one attached hydrogen (secondary N) is 2. The van der Waals surface area contributed by atoms with Crippen molar-refractivity contribution in [3.63, 3.8) is 0 Å². The minimum atomic E-state index is -0.513. The second-order valence-electron chi connectivity index (χ2n) is 6.14. The number of carbonyl (C=O) groups excluding carboxylic acids is 2. The molecule has 8 nitrogen and oxygen atoms in total. The molecule has 0 aliphatic rings. The maximum Gasteiger partial charge on any atom is 0.316 e. The first kappa shape index (κ1) is 20.3. The predicted octanol–water partition coefficient (Wildman–Crippen LogP) is 2.62.